The average molecular weight is 498 g/mol. The van der Waals surface area contributed by atoms with Crippen LogP contribution in [0.4, 0.5) is 0 Å². The Kier molecular flexibility index (Phi) is 8.17. The summed E-state index contributed by atoms with van der Waals surface area (Å²) in [7, 11) is 2.09. The maximum Gasteiger partial charge on any atom is 0.144 e. The minimum atomic E-state index is 0.0840. The van der Waals surface area contributed by atoms with Gasteiger partial charge in [-0.3, -0.25) is 4.99 Å². The quantitative estimate of drug-likeness (QED) is 0.358. The number of dihydropyridines is 1. The Hall–Kier alpha value is -2.09. The molecule has 0 bridgehead atoms. The number of rotatable bonds is 8. The van der Waals surface area contributed by atoms with Gasteiger partial charge in [0.15, 0.2) is 0 Å². The van der Waals surface area contributed by atoms with Crippen LogP contribution in [0, 0.1) is 29.1 Å². The lowest BCUT2D eigenvalue weighted by atomic mass is 9.66. The average Bonchev–Trinajstić information content (AvgIpc) is 3.28. The van der Waals surface area contributed by atoms with E-state index in [0.29, 0.717) is 23.5 Å². The first kappa shape index (κ1) is 25.0. The van der Waals surface area contributed by atoms with Crippen molar-refractivity contribution < 1.29 is 0 Å². The van der Waals surface area contributed by atoms with Crippen LogP contribution in [-0.2, 0) is 7.05 Å². The lowest BCUT2D eigenvalue weighted by Gasteiger charge is -2.42. The van der Waals surface area contributed by atoms with Crippen LogP contribution in [0.15, 0.2) is 52.9 Å². The van der Waals surface area contributed by atoms with E-state index >= 15 is 0 Å². The van der Waals surface area contributed by atoms with E-state index in [1.165, 1.54) is 5.69 Å². The van der Waals surface area contributed by atoms with Crippen LogP contribution in [0.2, 0.25) is 0 Å². The van der Waals surface area contributed by atoms with Crippen LogP contribution in [0.1, 0.15) is 69.5 Å². The molecule has 0 N–H and O–H groups in total. The third kappa shape index (κ3) is 5.11. The second-order valence-corrected chi connectivity index (χ2v) is 11.0. The number of aryl methyl sites for hydroxylation is 1. The Morgan fingerprint density at radius 1 is 1.21 bits per heavy atom. The molecule has 6 atom stereocenters. The number of nitriles is 1. The van der Waals surface area contributed by atoms with Crippen LogP contribution in [0.25, 0.3) is 5.57 Å². The SMILES string of the molecule is CCC(Cl)CCC(C)C(c1cncn1C)C1CCC2N=C(C#N)C(c3ccccc3)=C(Cl)C2C1. The van der Waals surface area contributed by atoms with Crippen LogP contribution in [0.3, 0.4) is 0 Å². The van der Waals surface area contributed by atoms with E-state index in [0.717, 1.165) is 54.7 Å². The summed E-state index contributed by atoms with van der Waals surface area (Å²) >= 11 is 13.6. The normalized spacial score (nSPS) is 25.2. The molecule has 6 unspecified atom stereocenters. The zero-order valence-electron chi connectivity index (χ0n) is 20.3. The lowest BCUT2D eigenvalue weighted by Crippen LogP contribution is -2.36. The molecular formula is C28H34Cl2N4. The first-order valence-electron chi connectivity index (χ1n) is 12.5. The highest BCUT2D eigenvalue weighted by Crippen LogP contribution is 2.49. The van der Waals surface area contributed by atoms with E-state index in [4.69, 9.17) is 28.2 Å². The Morgan fingerprint density at radius 2 is 1.97 bits per heavy atom. The fourth-order valence-electron chi connectivity index (χ4n) is 5.95. The van der Waals surface area contributed by atoms with Crippen molar-refractivity contribution in [3.8, 4) is 6.07 Å². The van der Waals surface area contributed by atoms with Gasteiger partial charge in [-0.25, -0.2) is 4.98 Å². The minimum Gasteiger partial charge on any atom is -0.337 e. The van der Waals surface area contributed by atoms with Gasteiger partial charge in [-0.2, -0.15) is 5.26 Å². The second kappa shape index (κ2) is 11.1. The lowest BCUT2D eigenvalue weighted by molar-refractivity contribution is 0.191. The zero-order valence-corrected chi connectivity index (χ0v) is 21.8. The monoisotopic (exact) mass is 496 g/mol. The standard InChI is InChI=1S/C28H34Cl2N4/c1-4-21(29)12-10-18(2)26(25-16-32-17-34(25)3)20-11-13-23-22(14-20)28(30)27(24(15-31)33-23)19-8-6-5-7-9-19/h5-9,16-18,20-23,26H,4,10-14H2,1-3H3. The van der Waals surface area contributed by atoms with Gasteiger partial charge in [0.1, 0.15) is 11.8 Å². The number of alkyl halides is 1. The first-order valence-corrected chi connectivity index (χ1v) is 13.3. The molecule has 1 fully saturated rings. The van der Waals surface area contributed by atoms with E-state index in [-0.39, 0.29) is 17.3 Å². The number of halogens is 2. The molecule has 4 nitrogen and oxygen atoms in total. The summed E-state index contributed by atoms with van der Waals surface area (Å²) in [5.41, 5.74) is 3.54. The number of aromatic nitrogens is 2. The van der Waals surface area contributed by atoms with Crippen molar-refractivity contribution in [3.05, 3.63) is 59.1 Å². The molecule has 2 aromatic rings. The molecule has 2 aliphatic rings. The van der Waals surface area contributed by atoms with E-state index in [9.17, 15) is 5.26 Å². The number of allylic oxidation sites excluding steroid dienone is 1. The van der Waals surface area contributed by atoms with Crippen LogP contribution < -0.4 is 0 Å². The summed E-state index contributed by atoms with van der Waals surface area (Å²) < 4.78 is 2.17. The van der Waals surface area contributed by atoms with E-state index in [1.54, 1.807) is 0 Å². The van der Waals surface area contributed by atoms with Gasteiger partial charge < -0.3 is 4.57 Å². The van der Waals surface area contributed by atoms with Crippen molar-refractivity contribution in [2.75, 3.05) is 0 Å². The molecule has 4 rings (SSSR count). The molecule has 1 aliphatic heterocycles. The molecule has 1 aromatic heterocycles. The molecule has 1 aliphatic carbocycles. The maximum absolute atomic E-state index is 9.83. The highest BCUT2D eigenvalue weighted by Gasteiger charge is 2.42. The van der Waals surface area contributed by atoms with Gasteiger partial charge in [0.05, 0.1) is 12.4 Å². The first-order chi connectivity index (χ1) is 16.4. The number of hydrogen-bond acceptors (Lipinski definition) is 3. The summed E-state index contributed by atoms with van der Waals surface area (Å²) in [6.45, 7) is 4.52. The molecule has 34 heavy (non-hydrogen) atoms. The van der Waals surface area contributed by atoms with Gasteiger partial charge in [-0.1, -0.05) is 55.8 Å². The molecule has 0 saturated heterocycles. The van der Waals surface area contributed by atoms with Gasteiger partial charge in [-0.05, 0) is 55.9 Å². The molecule has 0 spiro atoms. The van der Waals surface area contributed by atoms with E-state index < -0.39 is 0 Å². The van der Waals surface area contributed by atoms with Crippen molar-refractivity contribution in [1.29, 1.82) is 5.26 Å². The smallest absolute Gasteiger partial charge is 0.144 e. The molecule has 1 saturated carbocycles. The molecule has 180 valence electrons. The molecule has 0 amide bonds. The van der Waals surface area contributed by atoms with Gasteiger partial charge in [0.2, 0.25) is 0 Å². The van der Waals surface area contributed by atoms with Crippen molar-refractivity contribution in [3.63, 3.8) is 0 Å². The van der Waals surface area contributed by atoms with Crippen LogP contribution >= 0.6 is 23.2 Å². The molecule has 6 heteroatoms. The predicted molar refractivity (Wildman–Crippen MR) is 141 cm³/mol. The number of imidazole rings is 1. The molecular weight excluding hydrogens is 463 g/mol. The van der Waals surface area contributed by atoms with Crippen molar-refractivity contribution in [2.45, 2.75) is 69.7 Å². The fraction of sp³-hybridized carbons (Fsp3) is 0.536. The number of hydrogen-bond donors (Lipinski definition) is 0. The van der Waals surface area contributed by atoms with Crippen LogP contribution in [-0.4, -0.2) is 26.7 Å². The van der Waals surface area contributed by atoms with Crippen molar-refractivity contribution in [1.82, 2.24) is 9.55 Å². The summed E-state index contributed by atoms with van der Waals surface area (Å²) in [5, 5.41) is 10.9. The van der Waals surface area contributed by atoms with Gasteiger partial charge >= 0.3 is 0 Å². The fourth-order valence-corrected chi connectivity index (χ4v) is 6.51. The molecule has 1 aromatic carbocycles. The minimum absolute atomic E-state index is 0.0840. The van der Waals surface area contributed by atoms with E-state index in [2.05, 4.69) is 36.5 Å². The summed E-state index contributed by atoms with van der Waals surface area (Å²) in [6, 6.07) is 12.4. The molecule has 0 radical (unpaired) electrons. The van der Waals surface area contributed by atoms with Gasteiger partial charge in [-0.15, -0.1) is 11.6 Å². The third-order valence-electron chi connectivity index (χ3n) is 7.81. The summed E-state index contributed by atoms with van der Waals surface area (Å²) in [5.74, 6) is 1.50. The number of aliphatic imine (C=N–C) groups is 1. The number of nitrogens with zero attached hydrogens (tertiary/aromatic N) is 4. The maximum atomic E-state index is 9.83. The number of fused-ring (bicyclic) bond motifs is 1. The highest BCUT2D eigenvalue weighted by molar-refractivity contribution is 6.44. The van der Waals surface area contributed by atoms with Crippen molar-refractivity contribution >= 4 is 34.5 Å². The highest BCUT2D eigenvalue weighted by atomic mass is 35.5. The van der Waals surface area contributed by atoms with Crippen molar-refractivity contribution in [2.24, 2.45) is 29.8 Å². The second-order valence-electron chi connectivity index (χ2n) is 9.94. The largest absolute Gasteiger partial charge is 0.337 e. The van der Waals surface area contributed by atoms with Gasteiger partial charge in [0, 0.05) is 46.8 Å². The summed E-state index contributed by atoms with van der Waals surface area (Å²) in [6.07, 6.45) is 10.1. The zero-order chi connectivity index (χ0) is 24.2. The topological polar surface area (TPSA) is 54.0 Å². The Labute approximate surface area is 213 Å². The third-order valence-corrected chi connectivity index (χ3v) is 8.81. The Morgan fingerprint density at radius 3 is 2.62 bits per heavy atom. The number of benzene rings is 1. The summed E-state index contributed by atoms with van der Waals surface area (Å²) in [4.78, 5) is 9.34. The molecule has 2 heterocycles. The predicted octanol–water partition coefficient (Wildman–Crippen LogP) is 7.35. The van der Waals surface area contributed by atoms with E-state index in [1.807, 2.05) is 42.9 Å². The Bertz CT molecular complexity index is 1080. The Balaban J connectivity index is 1.64. The van der Waals surface area contributed by atoms with Gasteiger partial charge in [0.25, 0.3) is 0 Å². The van der Waals surface area contributed by atoms with Crippen LogP contribution in [0.5, 0.6) is 0 Å².